The molecule has 0 saturated heterocycles. The van der Waals surface area contributed by atoms with Crippen molar-refractivity contribution >= 4 is 34.8 Å². The fourth-order valence-electron chi connectivity index (χ4n) is 2.53. The lowest BCUT2D eigenvalue weighted by molar-refractivity contribution is -0.149. The number of nitrogens with one attached hydrogen (secondary N) is 2. The summed E-state index contributed by atoms with van der Waals surface area (Å²) in [5, 5.41) is 6.41. The summed E-state index contributed by atoms with van der Waals surface area (Å²) in [5.41, 5.74) is 1.78. The first-order valence-electron chi connectivity index (χ1n) is 9.84. The van der Waals surface area contributed by atoms with E-state index >= 15 is 0 Å². The van der Waals surface area contributed by atoms with Gasteiger partial charge < -0.3 is 19.9 Å². The molecule has 7 nitrogen and oxygen atoms in total. The topological polar surface area (TPSA) is 85.3 Å². The molecule has 1 atom stereocenters. The van der Waals surface area contributed by atoms with Crippen LogP contribution in [0.15, 0.2) is 29.4 Å². The Labute approximate surface area is 170 Å². The number of hydrogen-bond acceptors (Lipinski definition) is 5. The van der Waals surface area contributed by atoms with Gasteiger partial charge in [-0.2, -0.15) is 0 Å². The summed E-state index contributed by atoms with van der Waals surface area (Å²) in [5.74, 6) is 0.534. The lowest BCUT2D eigenvalue weighted by atomic mass is 10.3. The van der Waals surface area contributed by atoms with Crippen LogP contribution in [0.2, 0.25) is 0 Å². The zero-order chi connectivity index (χ0) is 20.4. The highest BCUT2D eigenvalue weighted by Crippen LogP contribution is 2.24. The first kappa shape index (κ1) is 22.1. The number of aromatic nitrogens is 2. The predicted molar refractivity (Wildman–Crippen MR) is 113 cm³/mol. The third kappa shape index (κ3) is 6.74. The molecule has 28 heavy (non-hydrogen) atoms. The van der Waals surface area contributed by atoms with Crippen molar-refractivity contribution < 1.29 is 14.3 Å². The molecule has 0 radical (unpaired) electrons. The average Bonchev–Trinajstić information content (AvgIpc) is 3.03. The first-order valence-corrected chi connectivity index (χ1v) is 10.8. The third-order valence-corrected chi connectivity index (χ3v) is 5.25. The van der Waals surface area contributed by atoms with Gasteiger partial charge in [0.1, 0.15) is 6.54 Å². The molecule has 0 aliphatic heterocycles. The Morgan fingerprint density at radius 2 is 1.96 bits per heavy atom. The van der Waals surface area contributed by atoms with E-state index in [-0.39, 0.29) is 24.6 Å². The summed E-state index contributed by atoms with van der Waals surface area (Å²) >= 11 is 1.58. The molecule has 0 aliphatic rings. The normalized spacial score (nSPS) is 12.0. The van der Waals surface area contributed by atoms with E-state index in [1.807, 2.05) is 49.6 Å². The maximum atomic E-state index is 12.3. The molecular weight excluding hydrogens is 376 g/mol. The monoisotopic (exact) mass is 406 g/mol. The highest BCUT2D eigenvalue weighted by atomic mass is 32.2. The van der Waals surface area contributed by atoms with E-state index < -0.39 is 0 Å². The molecule has 8 heteroatoms. The fourth-order valence-corrected chi connectivity index (χ4v) is 3.48. The summed E-state index contributed by atoms with van der Waals surface area (Å²) in [6.07, 6.45) is 2.42. The molecule has 0 spiro atoms. The van der Waals surface area contributed by atoms with Crippen molar-refractivity contribution in [3.63, 3.8) is 0 Å². The standard InChI is InChI=1S/C20H30N4O3S/c1-4-11-21-19(26)22-12-8-13-28-20-23-16-9-6-7-10-17(16)24(20)14-18(25)27-15(3)5-2/h6-7,9-10,15H,4-5,8,11-14H2,1-3H3,(H2,21,22,26). The Hall–Kier alpha value is -2.22. The summed E-state index contributed by atoms with van der Waals surface area (Å²) in [6.45, 7) is 7.31. The number of ether oxygens (including phenoxy) is 1. The van der Waals surface area contributed by atoms with E-state index in [4.69, 9.17) is 4.74 Å². The number of fused-ring (bicyclic) bond motifs is 1. The maximum absolute atomic E-state index is 12.3. The molecule has 154 valence electrons. The lowest BCUT2D eigenvalue weighted by Crippen LogP contribution is -2.36. The van der Waals surface area contributed by atoms with E-state index in [9.17, 15) is 9.59 Å². The number of carbonyl (C=O) groups is 2. The second-order valence-electron chi connectivity index (χ2n) is 6.56. The Kier molecular flexibility index (Phi) is 9.13. The number of urea groups is 1. The first-order chi connectivity index (χ1) is 13.5. The van der Waals surface area contributed by atoms with E-state index in [1.165, 1.54) is 0 Å². The van der Waals surface area contributed by atoms with Crippen molar-refractivity contribution in [1.29, 1.82) is 0 Å². The molecule has 0 aliphatic carbocycles. The number of benzene rings is 1. The molecule has 0 saturated carbocycles. The van der Waals surface area contributed by atoms with Crippen LogP contribution in [0, 0.1) is 0 Å². The maximum Gasteiger partial charge on any atom is 0.326 e. The van der Waals surface area contributed by atoms with Crippen LogP contribution in [0.4, 0.5) is 4.79 Å². The Morgan fingerprint density at radius 1 is 1.21 bits per heavy atom. The molecule has 1 aromatic heterocycles. The molecule has 1 aromatic carbocycles. The molecule has 0 bridgehead atoms. The molecule has 2 amide bonds. The fraction of sp³-hybridized carbons (Fsp3) is 0.550. The SMILES string of the molecule is CCCNC(=O)NCCCSc1nc2ccccc2n1CC(=O)OC(C)CC. The van der Waals surface area contributed by atoms with Crippen molar-refractivity contribution in [2.45, 2.75) is 57.8 Å². The van der Waals surface area contributed by atoms with Crippen LogP contribution < -0.4 is 10.6 Å². The molecule has 1 heterocycles. The summed E-state index contributed by atoms with van der Waals surface area (Å²) in [7, 11) is 0. The number of esters is 1. The number of amides is 2. The lowest BCUT2D eigenvalue weighted by Gasteiger charge is -2.13. The van der Waals surface area contributed by atoms with Crippen molar-refractivity contribution in [2.24, 2.45) is 0 Å². The highest BCUT2D eigenvalue weighted by molar-refractivity contribution is 7.99. The van der Waals surface area contributed by atoms with Crippen LogP contribution >= 0.6 is 11.8 Å². The van der Waals surface area contributed by atoms with E-state index in [0.29, 0.717) is 13.1 Å². The average molecular weight is 407 g/mol. The van der Waals surface area contributed by atoms with Gasteiger partial charge in [0, 0.05) is 18.8 Å². The molecule has 0 fully saturated rings. The van der Waals surface area contributed by atoms with E-state index in [1.54, 1.807) is 11.8 Å². The highest BCUT2D eigenvalue weighted by Gasteiger charge is 2.16. The van der Waals surface area contributed by atoms with Crippen molar-refractivity contribution in [3.05, 3.63) is 24.3 Å². The second kappa shape index (κ2) is 11.6. The Morgan fingerprint density at radius 3 is 2.71 bits per heavy atom. The molecular formula is C20H30N4O3S. The number of rotatable bonds is 11. The van der Waals surface area contributed by atoms with Crippen molar-refractivity contribution in [2.75, 3.05) is 18.8 Å². The second-order valence-corrected chi connectivity index (χ2v) is 7.62. The van der Waals surface area contributed by atoms with Gasteiger partial charge in [-0.1, -0.05) is 37.7 Å². The van der Waals surface area contributed by atoms with Crippen LogP contribution in [0.5, 0.6) is 0 Å². The van der Waals surface area contributed by atoms with Gasteiger partial charge in [0.15, 0.2) is 5.16 Å². The zero-order valence-corrected chi connectivity index (χ0v) is 17.7. The predicted octanol–water partition coefficient (Wildman–Crippen LogP) is 3.57. The van der Waals surface area contributed by atoms with Crippen molar-refractivity contribution in [1.82, 2.24) is 20.2 Å². The number of imidazole rings is 1. The Balaban J connectivity index is 1.94. The summed E-state index contributed by atoms with van der Waals surface area (Å²) < 4.78 is 7.34. The van der Waals surface area contributed by atoms with Gasteiger partial charge in [-0.15, -0.1) is 0 Å². The Bertz CT molecular complexity index is 778. The number of hydrogen-bond donors (Lipinski definition) is 2. The van der Waals surface area contributed by atoms with Gasteiger partial charge in [-0.25, -0.2) is 9.78 Å². The largest absolute Gasteiger partial charge is 0.461 e. The number of para-hydroxylation sites is 2. The minimum absolute atomic E-state index is 0.0942. The zero-order valence-electron chi connectivity index (χ0n) is 16.9. The van der Waals surface area contributed by atoms with Gasteiger partial charge in [0.05, 0.1) is 17.1 Å². The van der Waals surface area contributed by atoms with Gasteiger partial charge >= 0.3 is 12.0 Å². The van der Waals surface area contributed by atoms with Crippen molar-refractivity contribution in [3.8, 4) is 0 Å². The molecule has 2 rings (SSSR count). The minimum atomic E-state index is -0.256. The van der Waals surface area contributed by atoms with Gasteiger partial charge in [-0.3, -0.25) is 4.79 Å². The van der Waals surface area contributed by atoms with Gasteiger partial charge in [0.2, 0.25) is 0 Å². The molecule has 2 aromatic rings. The number of nitrogens with zero attached hydrogens (tertiary/aromatic N) is 2. The number of thioether (sulfide) groups is 1. The summed E-state index contributed by atoms with van der Waals surface area (Å²) in [4.78, 5) is 28.5. The molecule has 1 unspecified atom stereocenters. The number of carbonyl (C=O) groups excluding carboxylic acids is 2. The third-order valence-electron chi connectivity index (χ3n) is 4.19. The van der Waals surface area contributed by atoms with E-state index in [0.717, 1.165) is 41.2 Å². The van der Waals surface area contributed by atoms with Crippen LogP contribution in [-0.2, 0) is 16.1 Å². The van der Waals surface area contributed by atoms with Crippen LogP contribution in [0.1, 0.15) is 40.0 Å². The van der Waals surface area contributed by atoms with Crippen LogP contribution in [0.25, 0.3) is 11.0 Å². The summed E-state index contributed by atoms with van der Waals surface area (Å²) in [6, 6.07) is 7.64. The van der Waals surface area contributed by atoms with Crippen LogP contribution in [-0.4, -0.2) is 46.5 Å². The van der Waals surface area contributed by atoms with Crippen LogP contribution in [0.3, 0.4) is 0 Å². The van der Waals surface area contributed by atoms with Gasteiger partial charge in [0.25, 0.3) is 0 Å². The minimum Gasteiger partial charge on any atom is -0.461 e. The van der Waals surface area contributed by atoms with E-state index in [2.05, 4.69) is 15.6 Å². The quantitative estimate of drug-likeness (QED) is 0.338. The van der Waals surface area contributed by atoms with Gasteiger partial charge in [-0.05, 0) is 38.3 Å². The smallest absolute Gasteiger partial charge is 0.326 e. The molecule has 2 N–H and O–H groups in total.